The number of hydrogen-bond donors (Lipinski definition) is 1. The van der Waals surface area contributed by atoms with Crippen LogP contribution in [-0.2, 0) is 21.2 Å². The number of sulfone groups is 1. The van der Waals surface area contributed by atoms with Crippen molar-refractivity contribution in [3.05, 3.63) is 75.9 Å². The predicted molar refractivity (Wildman–Crippen MR) is 114 cm³/mol. The van der Waals surface area contributed by atoms with E-state index >= 15 is 0 Å². The summed E-state index contributed by atoms with van der Waals surface area (Å²) in [5.74, 6) is -0.255. The molecule has 0 atom stereocenters. The number of aryl methyl sites for hydroxylation is 1. The summed E-state index contributed by atoms with van der Waals surface area (Å²) in [5, 5.41) is 7.74. The largest absolute Gasteiger partial charge is 0.311 e. The molecule has 0 radical (unpaired) electrons. The lowest BCUT2D eigenvalue weighted by Gasteiger charge is -2.11. The molecule has 29 heavy (non-hydrogen) atoms. The van der Waals surface area contributed by atoms with Crippen LogP contribution in [0.15, 0.2) is 59.6 Å². The quantitative estimate of drug-likeness (QED) is 0.578. The maximum atomic E-state index is 12.4. The molecule has 2 aromatic carbocycles. The van der Waals surface area contributed by atoms with E-state index < -0.39 is 15.7 Å². The Morgan fingerprint density at radius 1 is 1.10 bits per heavy atom. The fourth-order valence-electron chi connectivity index (χ4n) is 2.69. The number of rotatable bonds is 7. The third-order valence-corrected chi connectivity index (χ3v) is 6.90. The van der Waals surface area contributed by atoms with Crippen LogP contribution in [0, 0.1) is 6.92 Å². The van der Waals surface area contributed by atoms with Crippen molar-refractivity contribution in [1.29, 1.82) is 0 Å². The van der Waals surface area contributed by atoms with Crippen molar-refractivity contribution in [2.24, 2.45) is 0 Å². The van der Waals surface area contributed by atoms with E-state index in [9.17, 15) is 13.2 Å². The summed E-state index contributed by atoms with van der Waals surface area (Å²) in [5.41, 5.74) is 1.72. The predicted octanol–water partition coefficient (Wildman–Crippen LogP) is 4.35. The Labute approximate surface area is 179 Å². The highest BCUT2D eigenvalue weighted by atomic mass is 35.5. The van der Waals surface area contributed by atoms with E-state index in [4.69, 9.17) is 23.2 Å². The van der Waals surface area contributed by atoms with Crippen LogP contribution in [0.1, 0.15) is 17.5 Å². The summed E-state index contributed by atoms with van der Waals surface area (Å²) in [6, 6.07) is 13.5. The van der Waals surface area contributed by atoms with E-state index in [1.54, 1.807) is 47.1 Å². The molecule has 3 rings (SSSR count). The number of carbonyl (C=O) groups excluding carboxylic acids is 1. The number of nitrogens with zero attached hydrogens (tertiary/aromatic N) is 2. The third-order valence-electron chi connectivity index (χ3n) is 4.31. The zero-order valence-electron chi connectivity index (χ0n) is 15.6. The van der Waals surface area contributed by atoms with Gasteiger partial charge in [0.25, 0.3) is 0 Å². The molecule has 0 aliphatic heterocycles. The molecule has 152 valence electrons. The summed E-state index contributed by atoms with van der Waals surface area (Å²) >= 11 is 12.2. The highest BCUT2D eigenvalue weighted by Crippen LogP contribution is 2.26. The van der Waals surface area contributed by atoms with Crippen LogP contribution in [-0.4, -0.2) is 29.9 Å². The van der Waals surface area contributed by atoms with Gasteiger partial charge >= 0.3 is 0 Å². The Kier molecular flexibility index (Phi) is 6.62. The zero-order valence-corrected chi connectivity index (χ0v) is 17.9. The van der Waals surface area contributed by atoms with E-state index in [1.165, 1.54) is 6.20 Å². The molecule has 0 unspecified atom stereocenters. The molecule has 0 saturated heterocycles. The van der Waals surface area contributed by atoms with E-state index in [0.29, 0.717) is 22.4 Å². The number of hydrogen-bond acceptors (Lipinski definition) is 4. The number of aromatic nitrogens is 2. The molecule has 1 N–H and O–H groups in total. The van der Waals surface area contributed by atoms with Crippen LogP contribution in [0.5, 0.6) is 0 Å². The highest BCUT2D eigenvalue weighted by molar-refractivity contribution is 7.91. The van der Waals surface area contributed by atoms with Gasteiger partial charge in [-0.2, -0.15) is 5.10 Å². The first-order chi connectivity index (χ1) is 13.8. The van der Waals surface area contributed by atoms with Gasteiger partial charge in [-0.05, 0) is 30.7 Å². The van der Waals surface area contributed by atoms with Crippen molar-refractivity contribution in [2.75, 3.05) is 11.1 Å². The number of nitrogens with one attached hydrogen (secondary N) is 1. The maximum absolute atomic E-state index is 12.4. The SMILES string of the molecule is Cc1ccc(S(=O)(=O)CCC(=O)Nc2ccnn2Cc2cccc(Cl)c2Cl)cc1. The van der Waals surface area contributed by atoms with Gasteiger partial charge < -0.3 is 5.32 Å². The second kappa shape index (κ2) is 8.98. The van der Waals surface area contributed by atoms with Crippen molar-refractivity contribution in [3.8, 4) is 0 Å². The van der Waals surface area contributed by atoms with Crippen molar-refractivity contribution >= 4 is 44.8 Å². The highest BCUT2D eigenvalue weighted by Gasteiger charge is 2.17. The van der Waals surface area contributed by atoms with E-state index in [1.807, 2.05) is 13.0 Å². The van der Waals surface area contributed by atoms with Crippen LogP contribution in [0.4, 0.5) is 5.82 Å². The molecule has 0 bridgehead atoms. The first-order valence-electron chi connectivity index (χ1n) is 8.80. The molecule has 1 heterocycles. The minimum absolute atomic E-state index is 0.167. The van der Waals surface area contributed by atoms with Gasteiger partial charge in [-0.25, -0.2) is 13.1 Å². The fraction of sp³-hybridized carbons (Fsp3) is 0.200. The summed E-state index contributed by atoms with van der Waals surface area (Å²) in [6.45, 7) is 2.19. The molecule has 0 aliphatic rings. The van der Waals surface area contributed by atoms with E-state index in [-0.39, 0.29) is 17.1 Å². The Hall–Kier alpha value is -2.35. The van der Waals surface area contributed by atoms with Crippen molar-refractivity contribution < 1.29 is 13.2 Å². The Bertz CT molecular complexity index is 1130. The zero-order chi connectivity index (χ0) is 21.0. The molecular weight excluding hydrogens is 433 g/mol. The molecular formula is C20H19Cl2N3O3S. The summed E-state index contributed by atoms with van der Waals surface area (Å²) in [6.07, 6.45) is 1.37. The van der Waals surface area contributed by atoms with E-state index in [2.05, 4.69) is 10.4 Å². The lowest BCUT2D eigenvalue weighted by molar-refractivity contribution is -0.115. The second-order valence-electron chi connectivity index (χ2n) is 6.52. The molecule has 9 heteroatoms. The first kappa shape index (κ1) is 21.4. The lowest BCUT2D eigenvalue weighted by atomic mass is 10.2. The third kappa shape index (κ3) is 5.38. The number of benzene rings is 2. The molecule has 0 saturated carbocycles. The topological polar surface area (TPSA) is 81.1 Å². The molecule has 3 aromatic rings. The molecule has 1 amide bonds. The maximum Gasteiger partial charge on any atom is 0.226 e. The van der Waals surface area contributed by atoms with Crippen LogP contribution in [0.2, 0.25) is 10.0 Å². The average Bonchev–Trinajstić information content (AvgIpc) is 3.11. The monoisotopic (exact) mass is 451 g/mol. The minimum atomic E-state index is -3.54. The Morgan fingerprint density at radius 3 is 2.55 bits per heavy atom. The Balaban J connectivity index is 1.64. The smallest absolute Gasteiger partial charge is 0.226 e. The standard InChI is InChI=1S/C20H19Cl2N3O3S/c1-14-5-7-16(8-6-14)29(27,28)12-10-19(26)24-18-9-11-23-25(18)13-15-3-2-4-17(21)20(15)22/h2-9,11H,10,12-13H2,1H3,(H,24,26). The van der Waals surface area contributed by atoms with Gasteiger partial charge in [0.2, 0.25) is 5.91 Å². The van der Waals surface area contributed by atoms with Gasteiger partial charge in [0, 0.05) is 12.5 Å². The average molecular weight is 452 g/mol. The van der Waals surface area contributed by atoms with Gasteiger partial charge in [-0.15, -0.1) is 0 Å². The minimum Gasteiger partial charge on any atom is -0.311 e. The second-order valence-corrected chi connectivity index (χ2v) is 9.41. The van der Waals surface area contributed by atoms with Crippen molar-refractivity contribution in [1.82, 2.24) is 9.78 Å². The number of halogens is 2. The summed E-state index contributed by atoms with van der Waals surface area (Å²) in [7, 11) is -3.54. The van der Waals surface area contributed by atoms with E-state index in [0.717, 1.165) is 11.1 Å². The van der Waals surface area contributed by atoms with Gasteiger partial charge in [0.15, 0.2) is 9.84 Å². The lowest BCUT2D eigenvalue weighted by Crippen LogP contribution is -2.19. The molecule has 0 fully saturated rings. The van der Waals surface area contributed by atoms with Gasteiger partial charge in [-0.1, -0.05) is 53.0 Å². The number of amides is 1. The van der Waals surface area contributed by atoms with Gasteiger partial charge in [0.1, 0.15) is 5.82 Å². The van der Waals surface area contributed by atoms with Crippen molar-refractivity contribution in [2.45, 2.75) is 24.8 Å². The van der Waals surface area contributed by atoms with Gasteiger partial charge in [-0.3, -0.25) is 4.79 Å². The molecule has 0 aliphatic carbocycles. The number of carbonyl (C=O) groups is 1. The number of anilines is 1. The summed E-state index contributed by atoms with van der Waals surface area (Å²) in [4.78, 5) is 12.5. The Morgan fingerprint density at radius 2 is 1.83 bits per heavy atom. The molecule has 6 nitrogen and oxygen atoms in total. The summed E-state index contributed by atoms with van der Waals surface area (Å²) < 4.78 is 26.4. The van der Waals surface area contributed by atoms with Crippen LogP contribution < -0.4 is 5.32 Å². The molecule has 1 aromatic heterocycles. The normalized spacial score (nSPS) is 11.4. The van der Waals surface area contributed by atoms with Crippen LogP contribution in [0.3, 0.4) is 0 Å². The fourth-order valence-corrected chi connectivity index (χ4v) is 4.31. The first-order valence-corrected chi connectivity index (χ1v) is 11.2. The molecule has 0 spiro atoms. The van der Waals surface area contributed by atoms with Gasteiger partial charge in [0.05, 0.1) is 33.4 Å². The van der Waals surface area contributed by atoms with Crippen molar-refractivity contribution in [3.63, 3.8) is 0 Å². The van der Waals surface area contributed by atoms with Crippen LogP contribution >= 0.6 is 23.2 Å². The van der Waals surface area contributed by atoms with Crippen LogP contribution in [0.25, 0.3) is 0 Å².